The lowest BCUT2D eigenvalue weighted by Crippen LogP contribution is -2.55. The van der Waals surface area contributed by atoms with Crippen LogP contribution in [0.5, 0.6) is 0 Å². The van der Waals surface area contributed by atoms with Crippen LogP contribution in [-0.2, 0) is 26.2 Å². The first-order valence-corrected chi connectivity index (χ1v) is 14.9. The van der Waals surface area contributed by atoms with Crippen molar-refractivity contribution in [3.05, 3.63) is 61.0 Å². The van der Waals surface area contributed by atoms with Gasteiger partial charge in [-0.1, -0.05) is 71.0 Å². The van der Waals surface area contributed by atoms with E-state index < -0.39 is 34.1 Å². The number of amides is 2. The maximum absolute atomic E-state index is 13.7. The molecular formula is C24H28Cl5N3O4S. The first-order chi connectivity index (χ1) is 16.9. The largest absolute Gasteiger partial charge is 0.350 e. The van der Waals surface area contributed by atoms with Gasteiger partial charge in [0.1, 0.15) is 12.6 Å². The fraction of sp³-hybridized carbons (Fsp3) is 0.417. The molecule has 1 unspecified atom stereocenters. The molecule has 37 heavy (non-hydrogen) atoms. The summed E-state index contributed by atoms with van der Waals surface area (Å²) in [6, 6.07) is 6.49. The number of carbonyl (C=O) groups excluding carboxylic acids is 2. The van der Waals surface area contributed by atoms with Crippen LogP contribution in [0.2, 0.25) is 25.1 Å². The molecule has 1 N–H and O–H groups in total. The number of nitrogens with zero attached hydrogens (tertiary/aromatic N) is 2. The Balaban J connectivity index is 2.55. The third-order valence-electron chi connectivity index (χ3n) is 5.16. The van der Waals surface area contributed by atoms with Crippen molar-refractivity contribution in [3.8, 4) is 0 Å². The van der Waals surface area contributed by atoms with Gasteiger partial charge in [0, 0.05) is 12.1 Å². The van der Waals surface area contributed by atoms with E-state index in [9.17, 15) is 18.0 Å². The second-order valence-electron chi connectivity index (χ2n) is 9.42. The lowest BCUT2D eigenvalue weighted by atomic mass is 10.1. The van der Waals surface area contributed by atoms with Crippen LogP contribution in [0.3, 0.4) is 0 Å². The maximum atomic E-state index is 13.7. The molecule has 0 saturated heterocycles. The second kappa shape index (κ2) is 12.6. The van der Waals surface area contributed by atoms with E-state index in [-0.39, 0.29) is 44.7 Å². The molecule has 0 aliphatic heterocycles. The third kappa shape index (κ3) is 8.80. The molecule has 204 valence electrons. The van der Waals surface area contributed by atoms with Crippen LogP contribution in [0.4, 0.5) is 5.69 Å². The topological polar surface area (TPSA) is 86.8 Å². The standard InChI is InChI=1S/C24H28Cl5N3O4S/c1-6-20(23(34)30-24(2,3)4)31(12-14-7-8-15(25)16(26)9-14)22(33)13-32(37(5,35)36)21-11-18(28)17(27)10-19(21)29/h7-11,20H,6,12-13H2,1-5H3,(H,30,34). The average Bonchev–Trinajstić information content (AvgIpc) is 2.75. The summed E-state index contributed by atoms with van der Waals surface area (Å²) in [7, 11) is -4.00. The number of hydrogen-bond donors (Lipinski definition) is 1. The van der Waals surface area contributed by atoms with Gasteiger partial charge in [-0.25, -0.2) is 8.42 Å². The maximum Gasteiger partial charge on any atom is 0.244 e. The Morgan fingerprint density at radius 2 is 1.49 bits per heavy atom. The molecule has 1 atom stereocenters. The molecule has 0 bridgehead atoms. The van der Waals surface area contributed by atoms with Crippen molar-refractivity contribution in [1.29, 1.82) is 0 Å². The summed E-state index contributed by atoms with van der Waals surface area (Å²) in [5.74, 6) is -1.03. The zero-order valence-corrected chi connectivity index (χ0v) is 25.5. The van der Waals surface area contributed by atoms with Gasteiger partial charge in [-0.2, -0.15) is 0 Å². The molecule has 0 aliphatic carbocycles. The van der Waals surface area contributed by atoms with Gasteiger partial charge in [0.25, 0.3) is 0 Å². The van der Waals surface area contributed by atoms with Crippen LogP contribution < -0.4 is 9.62 Å². The lowest BCUT2D eigenvalue weighted by molar-refractivity contribution is -0.141. The number of hydrogen-bond acceptors (Lipinski definition) is 4. The molecule has 7 nitrogen and oxygen atoms in total. The molecule has 2 amide bonds. The Morgan fingerprint density at radius 1 is 0.919 bits per heavy atom. The Kier molecular flexibility index (Phi) is 10.8. The van der Waals surface area contributed by atoms with Gasteiger partial charge in [-0.15, -0.1) is 0 Å². The molecule has 0 saturated carbocycles. The van der Waals surface area contributed by atoms with E-state index >= 15 is 0 Å². The summed E-state index contributed by atoms with van der Waals surface area (Å²) in [5, 5.41) is 3.67. The Hall–Kier alpha value is -1.42. The molecule has 0 fully saturated rings. The van der Waals surface area contributed by atoms with E-state index in [1.54, 1.807) is 25.1 Å². The molecule has 0 heterocycles. The van der Waals surface area contributed by atoms with Gasteiger partial charge in [0.15, 0.2) is 0 Å². The van der Waals surface area contributed by atoms with Gasteiger partial charge in [-0.3, -0.25) is 13.9 Å². The predicted molar refractivity (Wildman–Crippen MR) is 153 cm³/mol. The van der Waals surface area contributed by atoms with Crippen molar-refractivity contribution < 1.29 is 18.0 Å². The fourth-order valence-electron chi connectivity index (χ4n) is 3.51. The van der Waals surface area contributed by atoms with E-state index in [4.69, 9.17) is 58.0 Å². The Morgan fingerprint density at radius 3 is 2.00 bits per heavy atom. The molecule has 0 spiro atoms. The highest BCUT2D eigenvalue weighted by Crippen LogP contribution is 2.36. The highest BCUT2D eigenvalue weighted by Gasteiger charge is 2.33. The molecular weight excluding hydrogens is 604 g/mol. The van der Waals surface area contributed by atoms with Gasteiger partial charge in [0.05, 0.1) is 37.1 Å². The molecule has 0 aromatic heterocycles. The number of nitrogens with one attached hydrogen (secondary N) is 1. The minimum absolute atomic E-state index is 0.0128. The summed E-state index contributed by atoms with van der Waals surface area (Å²) < 4.78 is 26.3. The summed E-state index contributed by atoms with van der Waals surface area (Å²) >= 11 is 30.6. The minimum Gasteiger partial charge on any atom is -0.350 e. The Labute approximate surface area is 243 Å². The normalized spacial score (nSPS) is 12.7. The highest BCUT2D eigenvalue weighted by atomic mass is 35.5. The van der Waals surface area contributed by atoms with Crippen LogP contribution in [-0.4, -0.2) is 49.5 Å². The van der Waals surface area contributed by atoms with E-state index in [0.29, 0.717) is 10.6 Å². The van der Waals surface area contributed by atoms with Crippen molar-refractivity contribution in [2.75, 3.05) is 17.1 Å². The summed E-state index contributed by atoms with van der Waals surface area (Å²) in [4.78, 5) is 28.3. The monoisotopic (exact) mass is 629 g/mol. The van der Waals surface area contributed by atoms with Crippen molar-refractivity contribution in [1.82, 2.24) is 10.2 Å². The summed E-state index contributed by atoms with van der Waals surface area (Å²) in [6.07, 6.45) is 1.20. The van der Waals surface area contributed by atoms with Crippen molar-refractivity contribution in [3.63, 3.8) is 0 Å². The molecule has 2 aromatic carbocycles. The first kappa shape index (κ1) is 31.8. The van der Waals surface area contributed by atoms with Gasteiger partial charge in [0.2, 0.25) is 21.8 Å². The molecule has 13 heteroatoms. The van der Waals surface area contributed by atoms with Gasteiger partial charge in [-0.05, 0) is 57.0 Å². The van der Waals surface area contributed by atoms with Crippen LogP contribution in [0.25, 0.3) is 0 Å². The van der Waals surface area contributed by atoms with E-state index in [0.717, 1.165) is 10.6 Å². The Bertz CT molecular complexity index is 1280. The zero-order valence-electron chi connectivity index (χ0n) is 20.9. The number of benzene rings is 2. The lowest BCUT2D eigenvalue weighted by Gasteiger charge is -2.34. The molecule has 0 aliphatic rings. The van der Waals surface area contributed by atoms with Gasteiger partial charge >= 0.3 is 0 Å². The van der Waals surface area contributed by atoms with E-state index in [1.165, 1.54) is 17.0 Å². The number of rotatable bonds is 9. The van der Waals surface area contributed by atoms with Crippen LogP contribution in [0.1, 0.15) is 39.7 Å². The number of halogens is 5. The zero-order chi connectivity index (χ0) is 28.3. The predicted octanol–water partition coefficient (Wildman–Crippen LogP) is 6.44. The summed E-state index contributed by atoms with van der Waals surface area (Å²) in [5.41, 5.74) is 0.0201. The quantitative estimate of drug-likeness (QED) is 0.323. The van der Waals surface area contributed by atoms with Crippen LogP contribution in [0.15, 0.2) is 30.3 Å². The fourth-order valence-corrected chi connectivity index (χ4v) is 5.37. The van der Waals surface area contributed by atoms with Crippen molar-refractivity contribution >= 4 is 85.5 Å². The molecule has 2 rings (SSSR count). The molecule has 0 radical (unpaired) electrons. The number of carbonyl (C=O) groups is 2. The average molecular weight is 632 g/mol. The third-order valence-corrected chi connectivity index (χ3v) is 8.05. The number of anilines is 1. The highest BCUT2D eigenvalue weighted by molar-refractivity contribution is 7.92. The van der Waals surface area contributed by atoms with Crippen LogP contribution >= 0.6 is 58.0 Å². The van der Waals surface area contributed by atoms with E-state index in [1.807, 2.05) is 20.8 Å². The molecule has 2 aromatic rings. The van der Waals surface area contributed by atoms with Crippen molar-refractivity contribution in [2.45, 2.75) is 52.2 Å². The van der Waals surface area contributed by atoms with E-state index in [2.05, 4.69) is 5.32 Å². The van der Waals surface area contributed by atoms with Crippen LogP contribution in [0, 0.1) is 0 Å². The number of sulfonamides is 1. The van der Waals surface area contributed by atoms with Crippen molar-refractivity contribution in [2.24, 2.45) is 0 Å². The summed E-state index contributed by atoms with van der Waals surface area (Å²) in [6.45, 7) is 6.54. The smallest absolute Gasteiger partial charge is 0.244 e. The minimum atomic E-state index is -4.00. The second-order valence-corrected chi connectivity index (χ2v) is 13.4. The van der Waals surface area contributed by atoms with Gasteiger partial charge < -0.3 is 10.2 Å². The SMILES string of the molecule is CCC(C(=O)NC(C)(C)C)N(Cc1ccc(Cl)c(Cl)c1)C(=O)CN(c1cc(Cl)c(Cl)cc1Cl)S(C)(=O)=O. The first-order valence-electron chi connectivity index (χ1n) is 11.1.